The molecule has 17 heavy (non-hydrogen) atoms. The van der Waals surface area contributed by atoms with Crippen LogP contribution >= 0.6 is 0 Å². The molecule has 2 amide bonds. The molecule has 7 nitrogen and oxygen atoms in total. The Morgan fingerprint density at radius 1 is 1.53 bits per heavy atom. The lowest BCUT2D eigenvalue weighted by Crippen LogP contribution is -2.33. The SMILES string of the molecule is Cc1cc2c(NCCNC(N)=O)nccn2n1. The molecule has 0 spiro atoms. The third kappa shape index (κ3) is 2.63. The van der Waals surface area contributed by atoms with E-state index in [9.17, 15) is 4.79 Å². The molecule has 4 N–H and O–H groups in total. The van der Waals surface area contributed by atoms with Gasteiger partial charge in [0.2, 0.25) is 0 Å². The number of aromatic nitrogens is 3. The van der Waals surface area contributed by atoms with Crippen molar-refractivity contribution in [1.82, 2.24) is 19.9 Å². The molecule has 0 aliphatic rings. The summed E-state index contributed by atoms with van der Waals surface area (Å²) >= 11 is 0. The first-order valence-corrected chi connectivity index (χ1v) is 5.25. The Labute approximate surface area is 98.0 Å². The van der Waals surface area contributed by atoms with Crippen molar-refractivity contribution in [2.45, 2.75) is 6.92 Å². The zero-order valence-corrected chi connectivity index (χ0v) is 9.47. The highest BCUT2D eigenvalue weighted by atomic mass is 16.2. The largest absolute Gasteiger partial charge is 0.367 e. The van der Waals surface area contributed by atoms with E-state index < -0.39 is 6.03 Å². The number of anilines is 1. The third-order valence-corrected chi connectivity index (χ3v) is 2.23. The van der Waals surface area contributed by atoms with Gasteiger partial charge in [-0.1, -0.05) is 0 Å². The van der Waals surface area contributed by atoms with Crippen molar-refractivity contribution in [3.63, 3.8) is 0 Å². The molecule has 0 radical (unpaired) electrons. The summed E-state index contributed by atoms with van der Waals surface area (Å²) in [7, 11) is 0. The second kappa shape index (κ2) is 4.69. The van der Waals surface area contributed by atoms with Crippen molar-refractivity contribution in [3.8, 4) is 0 Å². The maximum atomic E-state index is 10.5. The van der Waals surface area contributed by atoms with Crippen LogP contribution in [0.25, 0.3) is 5.52 Å². The van der Waals surface area contributed by atoms with E-state index in [0.717, 1.165) is 17.0 Å². The lowest BCUT2D eigenvalue weighted by Gasteiger charge is -2.06. The van der Waals surface area contributed by atoms with E-state index in [-0.39, 0.29) is 0 Å². The minimum Gasteiger partial charge on any atom is -0.367 e. The highest BCUT2D eigenvalue weighted by Gasteiger charge is 2.04. The molecular formula is C10H14N6O. The van der Waals surface area contributed by atoms with Crippen molar-refractivity contribution in [3.05, 3.63) is 24.2 Å². The fourth-order valence-corrected chi connectivity index (χ4v) is 1.55. The Kier molecular flexibility index (Phi) is 3.08. The normalized spacial score (nSPS) is 10.4. The maximum absolute atomic E-state index is 10.5. The van der Waals surface area contributed by atoms with Gasteiger partial charge in [-0.15, -0.1) is 0 Å². The number of primary amides is 1. The monoisotopic (exact) mass is 234 g/mol. The summed E-state index contributed by atoms with van der Waals surface area (Å²) in [5.74, 6) is 0.736. The van der Waals surface area contributed by atoms with Crippen molar-refractivity contribution in [2.24, 2.45) is 5.73 Å². The summed E-state index contributed by atoms with van der Waals surface area (Å²) in [6.07, 6.45) is 3.46. The maximum Gasteiger partial charge on any atom is 0.312 e. The average Bonchev–Trinajstić information content (AvgIpc) is 2.65. The summed E-state index contributed by atoms with van der Waals surface area (Å²) in [5, 5.41) is 9.89. The third-order valence-electron chi connectivity index (χ3n) is 2.23. The van der Waals surface area contributed by atoms with Crippen molar-refractivity contribution < 1.29 is 4.79 Å². The van der Waals surface area contributed by atoms with Crippen LogP contribution in [0, 0.1) is 6.92 Å². The first-order valence-electron chi connectivity index (χ1n) is 5.25. The van der Waals surface area contributed by atoms with Gasteiger partial charge in [0.25, 0.3) is 0 Å². The van der Waals surface area contributed by atoms with Crippen molar-refractivity contribution in [2.75, 3.05) is 18.4 Å². The molecule has 90 valence electrons. The molecule has 0 aliphatic heterocycles. The number of hydrogen-bond donors (Lipinski definition) is 3. The molecule has 7 heteroatoms. The number of carbonyl (C=O) groups excluding carboxylic acids is 1. The molecule has 2 aromatic rings. The second-order valence-corrected chi connectivity index (χ2v) is 3.61. The predicted octanol–water partition coefficient (Wildman–Crippen LogP) is 0.118. The Bertz CT molecular complexity index is 535. The Balaban J connectivity index is 2.05. The van der Waals surface area contributed by atoms with Gasteiger partial charge in [-0.25, -0.2) is 14.3 Å². The van der Waals surface area contributed by atoms with Crippen LogP contribution in [0.4, 0.5) is 10.6 Å². The summed E-state index contributed by atoms with van der Waals surface area (Å²) in [6, 6.07) is 1.41. The number of urea groups is 1. The molecule has 2 heterocycles. The second-order valence-electron chi connectivity index (χ2n) is 3.61. The number of amides is 2. The molecule has 0 aliphatic carbocycles. The zero-order chi connectivity index (χ0) is 12.3. The van der Waals surface area contributed by atoms with Gasteiger partial charge in [0.1, 0.15) is 5.52 Å². The molecule has 2 aromatic heterocycles. The van der Waals surface area contributed by atoms with Crippen LogP contribution in [-0.4, -0.2) is 33.7 Å². The summed E-state index contributed by atoms with van der Waals surface area (Å²) in [6.45, 7) is 2.93. The number of nitrogens with zero attached hydrogens (tertiary/aromatic N) is 3. The summed E-state index contributed by atoms with van der Waals surface area (Å²) < 4.78 is 1.76. The quantitative estimate of drug-likeness (QED) is 0.654. The van der Waals surface area contributed by atoms with Crippen LogP contribution in [-0.2, 0) is 0 Å². The molecule has 0 bridgehead atoms. The topological polar surface area (TPSA) is 97.3 Å². The van der Waals surface area contributed by atoms with Crippen LogP contribution < -0.4 is 16.4 Å². The highest BCUT2D eigenvalue weighted by Crippen LogP contribution is 2.13. The highest BCUT2D eigenvalue weighted by molar-refractivity contribution is 5.71. The number of carbonyl (C=O) groups is 1. The Hall–Kier alpha value is -2.31. The van der Waals surface area contributed by atoms with Crippen molar-refractivity contribution >= 4 is 17.4 Å². The summed E-state index contributed by atoms with van der Waals surface area (Å²) in [4.78, 5) is 14.7. The van der Waals surface area contributed by atoms with E-state index in [0.29, 0.717) is 13.1 Å². The van der Waals surface area contributed by atoms with Crippen LogP contribution in [0.1, 0.15) is 5.69 Å². The molecule has 0 atom stereocenters. The summed E-state index contributed by atoms with van der Waals surface area (Å²) in [5.41, 5.74) is 6.79. The number of hydrogen-bond acceptors (Lipinski definition) is 4. The Morgan fingerprint density at radius 3 is 3.12 bits per heavy atom. The van der Waals surface area contributed by atoms with E-state index in [4.69, 9.17) is 5.73 Å². The molecule has 0 saturated carbocycles. The van der Waals surface area contributed by atoms with Gasteiger partial charge in [0.05, 0.1) is 5.69 Å². The fraction of sp³-hybridized carbons (Fsp3) is 0.300. The first-order chi connectivity index (χ1) is 8.16. The van der Waals surface area contributed by atoms with E-state index in [1.165, 1.54) is 0 Å². The van der Waals surface area contributed by atoms with Crippen molar-refractivity contribution in [1.29, 1.82) is 0 Å². The first kappa shape index (κ1) is 11.2. The van der Waals surface area contributed by atoms with E-state index >= 15 is 0 Å². The lowest BCUT2D eigenvalue weighted by molar-refractivity contribution is 0.249. The molecule has 0 aromatic carbocycles. The van der Waals surface area contributed by atoms with Crippen LogP contribution in [0.5, 0.6) is 0 Å². The standard InChI is InChI=1S/C10H14N6O/c1-7-6-8-9(12-2-3-14-10(11)17)13-4-5-16(8)15-7/h4-6H,2-3H2,1H3,(H,12,13)(H3,11,14,17). The number of nitrogens with one attached hydrogen (secondary N) is 2. The van der Waals surface area contributed by atoms with E-state index in [1.807, 2.05) is 13.0 Å². The minimum atomic E-state index is -0.529. The fourth-order valence-electron chi connectivity index (χ4n) is 1.55. The van der Waals surface area contributed by atoms with Gasteiger partial charge in [-0.05, 0) is 13.0 Å². The molecule has 2 rings (SSSR count). The molecule has 0 fully saturated rings. The van der Waals surface area contributed by atoms with E-state index in [2.05, 4.69) is 20.7 Å². The number of fused-ring (bicyclic) bond motifs is 1. The zero-order valence-electron chi connectivity index (χ0n) is 9.47. The molecular weight excluding hydrogens is 220 g/mol. The lowest BCUT2D eigenvalue weighted by atomic mass is 10.4. The molecule has 0 saturated heterocycles. The minimum absolute atomic E-state index is 0.450. The van der Waals surface area contributed by atoms with Gasteiger partial charge in [0.15, 0.2) is 5.82 Å². The smallest absolute Gasteiger partial charge is 0.312 e. The van der Waals surface area contributed by atoms with Gasteiger partial charge in [-0.2, -0.15) is 5.10 Å². The van der Waals surface area contributed by atoms with Gasteiger partial charge < -0.3 is 16.4 Å². The van der Waals surface area contributed by atoms with Crippen LogP contribution in [0.3, 0.4) is 0 Å². The number of aryl methyl sites for hydroxylation is 1. The van der Waals surface area contributed by atoms with Crippen LogP contribution in [0.2, 0.25) is 0 Å². The average molecular weight is 234 g/mol. The number of rotatable bonds is 4. The van der Waals surface area contributed by atoms with E-state index in [1.54, 1.807) is 16.9 Å². The van der Waals surface area contributed by atoms with Gasteiger partial charge in [-0.3, -0.25) is 0 Å². The van der Waals surface area contributed by atoms with Gasteiger partial charge in [0, 0.05) is 25.5 Å². The van der Waals surface area contributed by atoms with Gasteiger partial charge >= 0.3 is 6.03 Å². The Morgan fingerprint density at radius 2 is 2.35 bits per heavy atom. The van der Waals surface area contributed by atoms with Crippen LogP contribution in [0.15, 0.2) is 18.5 Å². The number of nitrogens with two attached hydrogens (primary N) is 1. The molecule has 0 unspecified atom stereocenters. The predicted molar refractivity (Wildman–Crippen MR) is 63.8 cm³/mol.